The Labute approximate surface area is 191 Å². The zero-order valence-electron chi connectivity index (χ0n) is 18.4. The molecule has 9 heteroatoms. The number of carbonyl (C=O) groups excluding carboxylic acids is 3. The molecule has 0 saturated carbocycles. The van der Waals surface area contributed by atoms with E-state index >= 15 is 0 Å². The van der Waals surface area contributed by atoms with Crippen LogP contribution in [0, 0.1) is 0 Å². The van der Waals surface area contributed by atoms with Crippen molar-refractivity contribution in [2.75, 3.05) is 19.5 Å². The monoisotopic (exact) mass is 455 g/mol. The molecule has 3 rings (SSSR count). The van der Waals surface area contributed by atoms with Crippen LogP contribution in [0.25, 0.3) is 0 Å². The molecule has 0 fully saturated rings. The van der Waals surface area contributed by atoms with E-state index in [0.29, 0.717) is 17.2 Å². The smallest absolute Gasteiger partial charge is 0.302 e. The maximum atomic E-state index is 12.7. The molecule has 0 radical (unpaired) electrons. The molecular weight excluding hydrogens is 430 g/mol. The highest BCUT2D eigenvalue weighted by Gasteiger charge is 2.30. The standard InChI is InChI=1S/C23H25N3O5S/c1-5-20-21(16-8-11-18(30-3)19(12-16)31-4)25-26(23(29)32-20)13-15-6-9-17(10-7-15)24-22(28)14(2)27/h6-12,20H,5,13H2,1-4H3,(H,24,28). The van der Waals surface area contributed by atoms with E-state index < -0.39 is 11.7 Å². The molecule has 1 aliphatic rings. The van der Waals surface area contributed by atoms with Gasteiger partial charge in [0.1, 0.15) is 0 Å². The molecule has 0 aliphatic carbocycles. The fourth-order valence-electron chi connectivity index (χ4n) is 3.17. The molecule has 1 aliphatic heterocycles. The number of hydrogen-bond acceptors (Lipinski definition) is 7. The Morgan fingerprint density at radius 2 is 1.78 bits per heavy atom. The molecule has 168 valence electrons. The zero-order chi connectivity index (χ0) is 23.3. The summed E-state index contributed by atoms with van der Waals surface area (Å²) in [6.07, 6.45) is 0.752. The van der Waals surface area contributed by atoms with Gasteiger partial charge in [-0.25, -0.2) is 5.01 Å². The van der Waals surface area contributed by atoms with Gasteiger partial charge in [0.25, 0.3) is 5.91 Å². The number of methoxy groups -OCH3 is 2. The Hall–Kier alpha value is -3.33. The number of benzene rings is 2. The molecule has 1 heterocycles. The van der Waals surface area contributed by atoms with Gasteiger partial charge >= 0.3 is 5.24 Å². The van der Waals surface area contributed by atoms with Crippen LogP contribution in [-0.4, -0.2) is 47.1 Å². The summed E-state index contributed by atoms with van der Waals surface area (Å²) in [6, 6.07) is 12.5. The molecule has 1 N–H and O–H groups in total. The maximum absolute atomic E-state index is 12.7. The number of ether oxygens (including phenoxy) is 2. The normalized spacial score (nSPS) is 15.8. The highest BCUT2D eigenvalue weighted by atomic mass is 32.2. The van der Waals surface area contributed by atoms with E-state index in [9.17, 15) is 14.4 Å². The number of carbonyl (C=O) groups is 3. The van der Waals surface area contributed by atoms with Crippen molar-refractivity contribution in [2.45, 2.75) is 32.1 Å². The molecule has 2 aromatic rings. The number of hydrogen-bond donors (Lipinski definition) is 1. The van der Waals surface area contributed by atoms with Gasteiger partial charge in [-0.3, -0.25) is 14.4 Å². The summed E-state index contributed by atoms with van der Waals surface area (Å²) in [5.74, 6) is -0.0138. The molecule has 2 aromatic carbocycles. The van der Waals surface area contributed by atoms with Crippen LogP contribution in [0.5, 0.6) is 11.5 Å². The summed E-state index contributed by atoms with van der Waals surface area (Å²) in [5, 5.41) is 8.43. The Morgan fingerprint density at radius 1 is 1.09 bits per heavy atom. The van der Waals surface area contributed by atoms with Crippen LogP contribution >= 0.6 is 11.8 Å². The van der Waals surface area contributed by atoms with Gasteiger partial charge in [0, 0.05) is 18.2 Å². The lowest BCUT2D eigenvalue weighted by Crippen LogP contribution is -2.34. The molecule has 32 heavy (non-hydrogen) atoms. The molecule has 0 saturated heterocycles. The van der Waals surface area contributed by atoms with Crippen molar-refractivity contribution in [1.29, 1.82) is 0 Å². The summed E-state index contributed by atoms with van der Waals surface area (Å²) >= 11 is 1.24. The Morgan fingerprint density at radius 3 is 2.38 bits per heavy atom. The number of hydrazone groups is 1. The van der Waals surface area contributed by atoms with Gasteiger partial charge in [0.05, 0.1) is 31.7 Å². The van der Waals surface area contributed by atoms with Crippen molar-refractivity contribution in [2.24, 2.45) is 5.10 Å². The molecule has 0 bridgehead atoms. The highest BCUT2D eigenvalue weighted by Crippen LogP contribution is 2.33. The first-order chi connectivity index (χ1) is 15.4. The van der Waals surface area contributed by atoms with Gasteiger partial charge in [0.15, 0.2) is 11.5 Å². The van der Waals surface area contributed by atoms with Crippen molar-refractivity contribution in [3.8, 4) is 11.5 Å². The average Bonchev–Trinajstić information content (AvgIpc) is 2.80. The summed E-state index contributed by atoms with van der Waals surface area (Å²) in [5.41, 5.74) is 3.00. The molecule has 1 unspecified atom stereocenters. The predicted octanol–water partition coefficient (Wildman–Crippen LogP) is 4.08. The largest absolute Gasteiger partial charge is 0.493 e. The first-order valence-electron chi connectivity index (χ1n) is 10.1. The van der Waals surface area contributed by atoms with E-state index in [1.54, 1.807) is 38.5 Å². The minimum Gasteiger partial charge on any atom is -0.493 e. The third kappa shape index (κ3) is 5.28. The van der Waals surface area contributed by atoms with E-state index in [0.717, 1.165) is 23.3 Å². The minimum atomic E-state index is -0.671. The number of amides is 2. The maximum Gasteiger partial charge on any atom is 0.302 e. The number of nitrogens with zero attached hydrogens (tertiary/aromatic N) is 2. The molecule has 1 atom stereocenters. The SMILES string of the molecule is CCC1SC(=O)N(Cc2ccc(NC(=O)C(C)=O)cc2)N=C1c1ccc(OC)c(OC)c1. The molecule has 2 amide bonds. The van der Waals surface area contributed by atoms with Gasteiger partial charge in [0.2, 0.25) is 5.78 Å². The summed E-state index contributed by atoms with van der Waals surface area (Å²) < 4.78 is 10.7. The topological polar surface area (TPSA) is 97.3 Å². The fourth-order valence-corrected chi connectivity index (χ4v) is 4.11. The second-order valence-corrected chi connectivity index (χ2v) is 8.25. The lowest BCUT2D eigenvalue weighted by Gasteiger charge is -2.28. The summed E-state index contributed by atoms with van der Waals surface area (Å²) in [4.78, 5) is 35.3. The van der Waals surface area contributed by atoms with Gasteiger partial charge in [-0.1, -0.05) is 30.8 Å². The fraction of sp³-hybridized carbons (Fsp3) is 0.304. The number of rotatable bonds is 8. The van der Waals surface area contributed by atoms with Crippen LogP contribution in [-0.2, 0) is 16.1 Å². The van der Waals surface area contributed by atoms with Crippen LogP contribution < -0.4 is 14.8 Å². The number of anilines is 1. The number of Topliss-reactive ketones (excluding diaryl/α,β-unsaturated/α-hetero) is 1. The lowest BCUT2D eigenvalue weighted by molar-refractivity contribution is -0.133. The van der Waals surface area contributed by atoms with E-state index in [1.165, 1.54) is 23.7 Å². The van der Waals surface area contributed by atoms with Crippen LogP contribution in [0.3, 0.4) is 0 Å². The molecular formula is C23H25N3O5S. The Balaban J connectivity index is 1.84. The van der Waals surface area contributed by atoms with Crippen molar-refractivity contribution < 1.29 is 23.9 Å². The van der Waals surface area contributed by atoms with Crippen molar-refractivity contribution in [1.82, 2.24) is 5.01 Å². The van der Waals surface area contributed by atoms with E-state index in [4.69, 9.17) is 9.47 Å². The third-order valence-corrected chi connectivity index (χ3v) is 6.15. The van der Waals surface area contributed by atoms with Gasteiger partial charge < -0.3 is 14.8 Å². The lowest BCUT2D eigenvalue weighted by atomic mass is 10.0. The molecule has 0 aromatic heterocycles. The molecule has 8 nitrogen and oxygen atoms in total. The average molecular weight is 456 g/mol. The van der Waals surface area contributed by atoms with Gasteiger partial charge in [-0.15, -0.1) is 0 Å². The second-order valence-electron chi connectivity index (χ2n) is 7.10. The highest BCUT2D eigenvalue weighted by molar-refractivity contribution is 8.14. The van der Waals surface area contributed by atoms with Gasteiger partial charge in [-0.2, -0.15) is 5.10 Å². The minimum absolute atomic E-state index is 0.0685. The van der Waals surface area contributed by atoms with E-state index in [2.05, 4.69) is 10.4 Å². The van der Waals surface area contributed by atoms with Crippen LogP contribution in [0.15, 0.2) is 47.6 Å². The van der Waals surface area contributed by atoms with Gasteiger partial charge in [-0.05, 0) is 42.3 Å². The summed E-state index contributed by atoms with van der Waals surface area (Å²) in [7, 11) is 3.16. The van der Waals surface area contributed by atoms with Crippen LogP contribution in [0.2, 0.25) is 0 Å². The Kier molecular flexibility index (Phi) is 7.53. The summed E-state index contributed by atoms with van der Waals surface area (Å²) in [6.45, 7) is 3.51. The Bertz CT molecular complexity index is 1050. The predicted molar refractivity (Wildman–Crippen MR) is 124 cm³/mol. The number of nitrogens with one attached hydrogen (secondary N) is 1. The van der Waals surface area contributed by atoms with E-state index in [1.807, 2.05) is 25.1 Å². The third-order valence-electron chi connectivity index (χ3n) is 4.90. The van der Waals surface area contributed by atoms with Crippen LogP contribution in [0.4, 0.5) is 10.5 Å². The number of thioether (sulfide) groups is 1. The zero-order valence-corrected chi connectivity index (χ0v) is 19.2. The van der Waals surface area contributed by atoms with Crippen LogP contribution in [0.1, 0.15) is 31.4 Å². The van der Waals surface area contributed by atoms with Crippen molar-refractivity contribution >= 4 is 40.1 Å². The first kappa shape index (κ1) is 23.3. The second kappa shape index (κ2) is 10.3. The van der Waals surface area contributed by atoms with E-state index in [-0.39, 0.29) is 17.0 Å². The quantitative estimate of drug-likeness (QED) is 0.603. The van der Waals surface area contributed by atoms with Crippen molar-refractivity contribution in [3.63, 3.8) is 0 Å². The van der Waals surface area contributed by atoms with Crippen molar-refractivity contribution in [3.05, 3.63) is 53.6 Å². The molecule has 0 spiro atoms. The first-order valence-corrected chi connectivity index (χ1v) is 10.9. The number of ketones is 1.